The van der Waals surface area contributed by atoms with Crippen LogP contribution in [-0.2, 0) is 4.79 Å². The lowest BCUT2D eigenvalue weighted by Crippen LogP contribution is -2.59. The Morgan fingerprint density at radius 1 is 1.55 bits per heavy atom. The molecule has 22 heavy (non-hydrogen) atoms. The highest BCUT2D eigenvalue weighted by molar-refractivity contribution is 5.86. The lowest BCUT2D eigenvalue weighted by Gasteiger charge is -2.50. The summed E-state index contributed by atoms with van der Waals surface area (Å²) in [6.07, 6.45) is 2.44. The van der Waals surface area contributed by atoms with Gasteiger partial charge in [-0.05, 0) is 56.4 Å². The van der Waals surface area contributed by atoms with Gasteiger partial charge in [-0.2, -0.15) is 0 Å². The summed E-state index contributed by atoms with van der Waals surface area (Å²) in [5, 5.41) is 0. The lowest BCUT2D eigenvalue weighted by atomic mass is 9.78. The Labute approximate surface area is 131 Å². The molecule has 0 aliphatic carbocycles. The van der Waals surface area contributed by atoms with Crippen molar-refractivity contribution in [2.45, 2.75) is 64.5 Å². The monoisotopic (exact) mass is 307 g/mol. The average Bonchev–Trinajstić information content (AvgIpc) is 2.45. The number of amides is 1. The molecule has 1 aromatic carbocycles. The van der Waals surface area contributed by atoms with Crippen LogP contribution in [-0.4, -0.2) is 17.5 Å². The van der Waals surface area contributed by atoms with Gasteiger partial charge in [-0.3, -0.25) is 10.2 Å². The molecule has 1 amide bonds. The van der Waals surface area contributed by atoms with Crippen molar-refractivity contribution in [3.05, 3.63) is 29.6 Å². The number of nitrogens with one attached hydrogen (secondary N) is 1. The van der Waals surface area contributed by atoms with Crippen molar-refractivity contribution in [1.82, 2.24) is 5.43 Å². The first-order valence-electron chi connectivity index (χ1n) is 7.91. The molecule has 0 saturated heterocycles. The Hall–Kier alpha value is -1.62. The van der Waals surface area contributed by atoms with Crippen LogP contribution in [0.1, 0.15) is 58.4 Å². The molecule has 0 fully saturated rings. The molecule has 1 aliphatic rings. The molecule has 2 rings (SSSR count). The second kappa shape index (κ2) is 6.24. The van der Waals surface area contributed by atoms with E-state index in [1.165, 1.54) is 6.07 Å². The zero-order valence-corrected chi connectivity index (χ0v) is 13.8. The number of hydrazine groups is 1. The number of anilines is 1. The maximum Gasteiger partial charge on any atom is 0.256 e. The Morgan fingerprint density at radius 3 is 2.82 bits per heavy atom. The molecular weight excluding hydrogens is 281 g/mol. The number of benzene rings is 1. The van der Waals surface area contributed by atoms with Gasteiger partial charge >= 0.3 is 0 Å². The van der Waals surface area contributed by atoms with Crippen LogP contribution in [0.2, 0.25) is 0 Å². The number of fused-ring (bicyclic) bond motifs is 1. The highest BCUT2D eigenvalue weighted by Crippen LogP contribution is 2.45. The summed E-state index contributed by atoms with van der Waals surface area (Å²) in [7, 11) is 0. The number of hydrogen-bond acceptors (Lipinski definition) is 3. The molecule has 0 saturated carbocycles. The van der Waals surface area contributed by atoms with Crippen LogP contribution in [0.3, 0.4) is 0 Å². The smallest absolute Gasteiger partial charge is 0.256 e. The van der Waals surface area contributed by atoms with Gasteiger partial charge in [0.05, 0.1) is 0 Å². The summed E-state index contributed by atoms with van der Waals surface area (Å²) in [6.45, 7) is 8.40. The fourth-order valence-electron chi connectivity index (χ4n) is 3.76. The predicted octanol–water partition coefficient (Wildman–Crippen LogP) is 3.08. The summed E-state index contributed by atoms with van der Waals surface area (Å²) in [5.41, 5.74) is 3.99. The first-order chi connectivity index (χ1) is 10.3. The fourth-order valence-corrected chi connectivity index (χ4v) is 3.76. The first kappa shape index (κ1) is 16.7. The molecule has 1 aromatic rings. The van der Waals surface area contributed by atoms with E-state index in [0.29, 0.717) is 6.42 Å². The summed E-state index contributed by atoms with van der Waals surface area (Å²) in [6, 6.07) is 4.49. The van der Waals surface area contributed by atoms with Crippen molar-refractivity contribution in [3.63, 3.8) is 0 Å². The van der Waals surface area contributed by atoms with E-state index in [9.17, 15) is 9.18 Å². The van der Waals surface area contributed by atoms with Crippen LogP contribution in [0.15, 0.2) is 18.2 Å². The zero-order chi connectivity index (χ0) is 16.5. The third-order valence-corrected chi connectivity index (χ3v) is 4.56. The second-order valence-corrected chi connectivity index (χ2v) is 6.80. The summed E-state index contributed by atoms with van der Waals surface area (Å²) < 4.78 is 13.6. The molecule has 4 nitrogen and oxygen atoms in total. The Bertz CT molecular complexity index is 559. The molecule has 2 atom stereocenters. The van der Waals surface area contributed by atoms with Gasteiger partial charge in [-0.25, -0.2) is 10.2 Å². The maximum absolute atomic E-state index is 13.6. The normalized spacial score (nSPS) is 21.2. The molecule has 2 unspecified atom stereocenters. The van der Waals surface area contributed by atoms with Gasteiger partial charge in [0.25, 0.3) is 5.91 Å². The average molecular weight is 307 g/mol. The minimum absolute atomic E-state index is 0.195. The molecule has 0 spiro atoms. The van der Waals surface area contributed by atoms with E-state index < -0.39 is 0 Å². The van der Waals surface area contributed by atoms with E-state index in [-0.39, 0.29) is 29.2 Å². The van der Waals surface area contributed by atoms with E-state index in [1.54, 1.807) is 12.1 Å². The van der Waals surface area contributed by atoms with Crippen molar-refractivity contribution in [3.8, 4) is 0 Å². The number of nitrogens with zero attached hydrogens (tertiary/aromatic N) is 1. The molecule has 0 radical (unpaired) electrons. The molecule has 1 heterocycles. The SMILES string of the molecule is CCCC(C(=O)NN)N1c2ccc(F)cc2C(C)CC1(C)C. The third-order valence-electron chi connectivity index (χ3n) is 4.56. The number of carbonyl (C=O) groups is 1. The van der Waals surface area contributed by atoms with Crippen LogP contribution in [0, 0.1) is 5.82 Å². The summed E-state index contributed by atoms with van der Waals surface area (Å²) >= 11 is 0. The Morgan fingerprint density at radius 2 is 2.23 bits per heavy atom. The molecule has 0 bridgehead atoms. The molecule has 122 valence electrons. The topological polar surface area (TPSA) is 58.4 Å². The van der Waals surface area contributed by atoms with Crippen LogP contribution >= 0.6 is 0 Å². The van der Waals surface area contributed by atoms with Crippen molar-refractivity contribution in [2.75, 3.05) is 4.90 Å². The second-order valence-electron chi connectivity index (χ2n) is 6.80. The van der Waals surface area contributed by atoms with Crippen molar-refractivity contribution in [1.29, 1.82) is 0 Å². The van der Waals surface area contributed by atoms with Crippen LogP contribution in [0.5, 0.6) is 0 Å². The fraction of sp³-hybridized carbons (Fsp3) is 0.588. The number of halogens is 1. The third kappa shape index (κ3) is 2.95. The standard InChI is InChI=1S/C17H26FN3O/c1-5-6-15(16(22)20-19)21-14-8-7-12(18)9-13(14)11(2)10-17(21,3)4/h7-9,11,15H,5-6,10,19H2,1-4H3,(H,20,22). The Balaban J connectivity index is 2.56. The molecule has 3 N–H and O–H groups in total. The maximum atomic E-state index is 13.6. The van der Waals surface area contributed by atoms with Gasteiger partial charge < -0.3 is 4.90 Å². The quantitative estimate of drug-likeness (QED) is 0.510. The number of carbonyl (C=O) groups excluding carboxylic acids is 1. The van der Waals surface area contributed by atoms with Crippen LogP contribution in [0.4, 0.5) is 10.1 Å². The van der Waals surface area contributed by atoms with Gasteiger partial charge in [0, 0.05) is 11.2 Å². The van der Waals surface area contributed by atoms with Gasteiger partial charge in [-0.15, -0.1) is 0 Å². The molecule has 1 aliphatic heterocycles. The summed E-state index contributed by atoms with van der Waals surface area (Å²) in [4.78, 5) is 14.4. The van der Waals surface area contributed by atoms with Crippen molar-refractivity contribution >= 4 is 11.6 Å². The molecule has 5 heteroatoms. The predicted molar refractivity (Wildman–Crippen MR) is 87.0 cm³/mol. The molecular formula is C17H26FN3O. The lowest BCUT2D eigenvalue weighted by molar-refractivity contribution is -0.123. The highest BCUT2D eigenvalue weighted by Gasteiger charge is 2.42. The molecule has 0 aromatic heterocycles. The van der Waals surface area contributed by atoms with Crippen LogP contribution in [0.25, 0.3) is 0 Å². The van der Waals surface area contributed by atoms with Crippen molar-refractivity contribution in [2.24, 2.45) is 5.84 Å². The van der Waals surface area contributed by atoms with Crippen molar-refractivity contribution < 1.29 is 9.18 Å². The van der Waals surface area contributed by atoms with E-state index in [0.717, 1.165) is 24.1 Å². The zero-order valence-electron chi connectivity index (χ0n) is 13.8. The van der Waals surface area contributed by atoms with Gasteiger partial charge in [-0.1, -0.05) is 20.3 Å². The largest absolute Gasteiger partial charge is 0.354 e. The van der Waals surface area contributed by atoms with E-state index >= 15 is 0 Å². The number of nitrogens with two attached hydrogens (primary N) is 1. The van der Waals surface area contributed by atoms with Gasteiger partial charge in [0.2, 0.25) is 0 Å². The highest BCUT2D eigenvalue weighted by atomic mass is 19.1. The Kier molecular flexibility index (Phi) is 4.75. The number of rotatable bonds is 4. The van der Waals surface area contributed by atoms with Gasteiger partial charge in [0.1, 0.15) is 11.9 Å². The minimum Gasteiger partial charge on any atom is -0.354 e. The number of hydrogen-bond donors (Lipinski definition) is 2. The van der Waals surface area contributed by atoms with Crippen LogP contribution < -0.4 is 16.2 Å². The van der Waals surface area contributed by atoms with Gasteiger partial charge in [0.15, 0.2) is 0 Å². The first-order valence-corrected chi connectivity index (χ1v) is 7.91. The summed E-state index contributed by atoms with van der Waals surface area (Å²) in [5.74, 6) is 5.20. The minimum atomic E-state index is -0.346. The van der Waals surface area contributed by atoms with E-state index in [1.807, 2.05) is 6.92 Å². The van der Waals surface area contributed by atoms with E-state index in [4.69, 9.17) is 5.84 Å². The van der Waals surface area contributed by atoms with E-state index in [2.05, 4.69) is 31.1 Å².